The Kier molecular flexibility index (Phi) is 1.92. The molecule has 4 heteroatoms. The number of rotatable bonds is 4. The first kappa shape index (κ1) is 8.77. The van der Waals surface area contributed by atoms with Crippen molar-refractivity contribution < 1.29 is 19.2 Å². The van der Waals surface area contributed by atoms with Crippen LogP contribution in [0, 0.1) is 10.8 Å². The molecule has 60 valence electrons. The minimum atomic E-state index is -1.74. The molecule has 1 aliphatic rings. The first-order chi connectivity index (χ1) is 5.70. The number of carbonyl (C=O) groups excluding carboxylic acids is 4. The van der Waals surface area contributed by atoms with Crippen molar-refractivity contribution in [2.45, 2.75) is 12.8 Å². The lowest BCUT2D eigenvalue weighted by Crippen LogP contribution is -2.55. The molecule has 0 aliphatic heterocycles. The third kappa shape index (κ3) is 0.719. The molecule has 4 nitrogen and oxygen atoms in total. The van der Waals surface area contributed by atoms with Gasteiger partial charge >= 0.3 is 0 Å². The van der Waals surface area contributed by atoms with Crippen molar-refractivity contribution in [3.63, 3.8) is 0 Å². The summed E-state index contributed by atoms with van der Waals surface area (Å²) in [4.78, 5) is 41.3. The van der Waals surface area contributed by atoms with E-state index in [9.17, 15) is 19.2 Å². The summed E-state index contributed by atoms with van der Waals surface area (Å²) in [6, 6.07) is 0. The highest BCUT2D eigenvalue weighted by Gasteiger charge is 2.63. The van der Waals surface area contributed by atoms with E-state index in [1.807, 2.05) is 0 Å². The summed E-state index contributed by atoms with van der Waals surface area (Å²) in [6.07, 6.45) is 5.67. The predicted molar refractivity (Wildman–Crippen MR) is 36.9 cm³/mol. The molecule has 1 aliphatic carbocycles. The molecule has 1 fully saturated rings. The molecule has 0 aromatic rings. The smallest absolute Gasteiger partial charge is 0.215 e. The van der Waals surface area contributed by atoms with E-state index in [0.29, 0.717) is 0 Å². The SMILES string of the molecule is O=[C]C1([C]=O)CCC1([C]=O)[C]=O. The van der Waals surface area contributed by atoms with Gasteiger partial charge in [0.15, 0.2) is 0 Å². The molecule has 1 rings (SSSR count). The Morgan fingerprint density at radius 2 is 0.917 bits per heavy atom. The van der Waals surface area contributed by atoms with Crippen molar-refractivity contribution in [2.75, 3.05) is 0 Å². The molecule has 12 heavy (non-hydrogen) atoms. The average molecular weight is 164 g/mol. The molecule has 0 N–H and O–H groups in total. The highest BCUT2D eigenvalue weighted by molar-refractivity contribution is 6.02. The van der Waals surface area contributed by atoms with Gasteiger partial charge in [-0.25, -0.2) is 0 Å². The largest absolute Gasteiger partial charge is 0.290 e. The maximum Gasteiger partial charge on any atom is 0.215 e. The van der Waals surface area contributed by atoms with E-state index in [4.69, 9.17) is 0 Å². The minimum Gasteiger partial charge on any atom is -0.290 e. The molecule has 0 aromatic heterocycles. The third-order valence-electron chi connectivity index (χ3n) is 2.30. The molecule has 0 unspecified atom stereocenters. The second-order valence-corrected chi connectivity index (χ2v) is 2.72. The van der Waals surface area contributed by atoms with Gasteiger partial charge < -0.3 is 0 Å². The van der Waals surface area contributed by atoms with Crippen LogP contribution in [0.2, 0.25) is 0 Å². The molecule has 0 bridgehead atoms. The fourth-order valence-electron chi connectivity index (χ4n) is 1.22. The Bertz CT molecular complexity index is 201. The van der Waals surface area contributed by atoms with Crippen LogP contribution >= 0.6 is 0 Å². The fraction of sp³-hybridized carbons (Fsp3) is 0.500. The molecule has 1 saturated carbocycles. The summed E-state index contributed by atoms with van der Waals surface area (Å²) in [6.45, 7) is 0. The van der Waals surface area contributed by atoms with E-state index >= 15 is 0 Å². The molecule has 0 atom stereocenters. The molecule has 0 saturated heterocycles. The first-order valence-corrected chi connectivity index (χ1v) is 3.27. The van der Waals surface area contributed by atoms with Crippen LogP contribution in [0.25, 0.3) is 0 Å². The highest BCUT2D eigenvalue weighted by atomic mass is 16.2. The van der Waals surface area contributed by atoms with E-state index in [0.717, 1.165) is 0 Å². The Hall–Kier alpha value is -1.32. The van der Waals surface area contributed by atoms with Gasteiger partial charge in [0, 0.05) is 0 Å². The average Bonchev–Trinajstić information content (AvgIpc) is 2.08. The summed E-state index contributed by atoms with van der Waals surface area (Å²) >= 11 is 0. The lowest BCUT2D eigenvalue weighted by molar-refractivity contribution is 0.169. The van der Waals surface area contributed by atoms with Gasteiger partial charge in [0.1, 0.15) is 10.8 Å². The van der Waals surface area contributed by atoms with Crippen molar-refractivity contribution in [1.29, 1.82) is 0 Å². The summed E-state index contributed by atoms with van der Waals surface area (Å²) in [5.41, 5.74) is -3.48. The van der Waals surface area contributed by atoms with Gasteiger partial charge in [-0.2, -0.15) is 0 Å². The van der Waals surface area contributed by atoms with Crippen LogP contribution < -0.4 is 0 Å². The summed E-state index contributed by atoms with van der Waals surface area (Å²) < 4.78 is 0. The van der Waals surface area contributed by atoms with E-state index in [-0.39, 0.29) is 12.8 Å². The van der Waals surface area contributed by atoms with Crippen molar-refractivity contribution in [1.82, 2.24) is 0 Å². The van der Waals surface area contributed by atoms with Gasteiger partial charge in [0.2, 0.25) is 25.1 Å². The van der Waals surface area contributed by atoms with Crippen LogP contribution in [-0.2, 0) is 19.2 Å². The molecule has 4 radical (unpaired) electrons. The lowest BCUT2D eigenvalue weighted by atomic mass is 9.52. The normalized spacial score (nSPS) is 23.3. The third-order valence-corrected chi connectivity index (χ3v) is 2.30. The summed E-state index contributed by atoms with van der Waals surface area (Å²) in [5, 5.41) is 0. The standard InChI is InChI=1S/C8H4O4/c9-3-7(4-10)1-2-8(7,5-11)6-12/h1-2H2. The zero-order valence-corrected chi connectivity index (χ0v) is 6.05. The fourth-order valence-corrected chi connectivity index (χ4v) is 1.22. The van der Waals surface area contributed by atoms with E-state index in [2.05, 4.69) is 0 Å². The first-order valence-electron chi connectivity index (χ1n) is 3.27. The Morgan fingerprint density at radius 3 is 1.00 bits per heavy atom. The van der Waals surface area contributed by atoms with Crippen LogP contribution in [0.4, 0.5) is 0 Å². The van der Waals surface area contributed by atoms with Gasteiger partial charge in [-0.05, 0) is 12.8 Å². The van der Waals surface area contributed by atoms with Gasteiger partial charge in [-0.3, -0.25) is 19.2 Å². The monoisotopic (exact) mass is 164 g/mol. The molecule has 0 amide bonds. The van der Waals surface area contributed by atoms with Crippen LogP contribution in [0.5, 0.6) is 0 Å². The van der Waals surface area contributed by atoms with Crippen LogP contribution in [-0.4, -0.2) is 25.1 Å². The van der Waals surface area contributed by atoms with Gasteiger partial charge in [-0.15, -0.1) is 0 Å². The van der Waals surface area contributed by atoms with Crippen molar-refractivity contribution in [2.24, 2.45) is 10.8 Å². The zero-order chi connectivity index (χ0) is 9.24. The highest BCUT2D eigenvalue weighted by Crippen LogP contribution is 2.51. The van der Waals surface area contributed by atoms with Gasteiger partial charge in [0.05, 0.1) is 0 Å². The van der Waals surface area contributed by atoms with Crippen LogP contribution in [0.1, 0.15) is 12.8 Å². The Morgan fingerprint density at radius 1 is 0.667 bits per heavy atom. The topological polar surface area (TPSA) is 68.3 Å². The van der Waals surface area contributed by atoms with Crippen molar-refractivity contribution in [3.8, 4) is 0 Å². The van der Waals surface area contributed by atoms with E-state index in [1.54, 1.807) is 0 Å². The summed E-state index contributed by atoms with van der Waals surface area (Å²) in [5.74, 6) is 0. The molecular formula is C8H4O4. The second-order valence-electron chi connectivity index (χ2n) is 2.72. The lowest BCUT2D eigenvalue weighted by Gasteiger charge is -2.42. The van der Waals surface area contributed by atoms with Gasteiger partial charge in [0.25, 0.3) is 0 Å². The molecule has 0 heterocycles. The molecule has 0 spiro atoms. The predicted octanol–water partition coefficient (Wildman–Crippen LogP) is -0.808. The summed E-state index contributed by atoms with van der Waals surface area (Å²) in [7, 11) is 0. The molecule has 0 aromatic carbocycles. The minimum absolute atomic E-state index is 0.116. The maximum atomic E-state index is 10.3. The second kappa shape index (κ2) is 2.62. The van der Waals surface area contributed by atoms with Crippen LogP contribution in [0.3, 0.4) is 0 Å². The maximum absolute atomic E-state index is 10.3. The van der Waals surface area contributed by atoms with E-state index in [1.165, 1.54) is 25.1 Å². The van der Waals surface area contributed by atoms with Crippen molar-refractivity contribution in [3.05, 3.63) is 0 Å². The number of hydrogen-bond acceptors (Lipinski definition) is 4. The molecular weight excluding hydrogens is 160 g/mol. The number of hydrogen-bond donors (Lipinski definition) is 0. The Labute approximate surface area is 68.9 Å². The van der Waals surface area contributed by atoms with E-state index < -0.39 is 10.8 Å². The van der Waals surface area contributed by atoms with Crippen LogP contribution in [0.15, 0.2) is 0 Å². The quantitative estimate of drug-likeness (QED) is 0.509. The van der Waals surface area contributed by atoms with Gasteiger partial charge in [-0.1, -0.05) is 0 Å². The Balaban J connectivity index is 3.07. The van der Waals surface area contributed by atoms with Crippen molar-refractivity contribution >= 4 is 25.1 Å². The zero-order valence-electron chi connectivity index (χ0n) is 6.05.